The Balaban J connectivity index is 2.31. The van der Waals surface area contributed by atoms with Crippen LogP contribution in [0.1, 0.15) is 5.56 Å². The number of nitrogens with one attached hydrogen (secondary N) is 1. The first kappa shape index (κ1) is 12.1. The number of alkyl halides is 2. The van der Waals surface area contributed by atoms with Crippen LogP contribution >= 0.6 is 0 Å². The van der Waals surface area contributed by atoms with Gasteiger partial charge in [0.05, 0.1) is 0 Å². The average molecular weight is 253 g/mol. The summed E-state index contributed by atoms with van der Waals surface area (Å²) in [6.45, 7) is 0.587. The molecule has 0 fully saturated rings. The lowest BCUT2D eigenvalue weighted by Crippen LogP contribution is -2.20. The topological polar surface area (TPSA) is 55.2 Å². The van der Waals surface area contributed by atoms with Crippen molar-refractivity contribution in [3.05, 3.63) is 51.1 Å². The van der Waals surface area contributed by atoms with E-state index in [1.807, 2.05) is 0 Å². The molecule has 94 valence electrons. The minimum Gasteiger partial charge on any atom is -0.435 e. The number of hydrogen-bond acceptors (Lipinski definition) is 3. The van der Waals surface area contributed by atoms with E-state index in [0.29, 0.717) is 5.56 Å². The summed E-state index contributed by atoms with van der Waals surface area (Å²) in [7, 11) is 0. The molecule has 0 saturated carbocycles. The molecule has 0 spiro atoms. The largest absolute Gasteiger partial charge is 0.435 e. The molecule has 1 heterocycles. The predicted molar refractivity (Wildman–Crippen MR) is 60.7 cm³/mol. The van der Waals surface area contributed by atoms with Gasteiger partial charge in [-0.1, -0.05) is 12.1 Å². The average Bonchev–Trinajstić information content (AvgIpc) is 2.59. The summed E-state index contributed by atoms with van der Waals surface area (Å²) in [5, 5.41) is 0.238. The number of rotatable bonds is 3. The molecule has 0 radical (unpaired) electrons. The van der Waals surface area contributed by atoms with Crippen molar-refractivity contribution in [3.8, 4) is 5.75 Å². The summed E-state index contributed by atoms with van der Waals surface area (Å²) in [5.74, 6) is 0.0542. The van der Waals surface area contributed by atoms with Crippen LogP contribution in [0.3, 0.4) is 0 Å². The highest BCUT2D eigenvalue weighted by Crippen LogP contribution is 2.14. The number of hydrogen-bond donors (Lipinski definition) is 1. The fraction of sp³-hybridized carbons (Fsp3) is 0.0833. The van der Waals surface area contributed by atoms with E-state index in [2.05, 4.69) is 20.7 Å². The Morgan fingerprint density at radius 1 is 1.33 bits per heavy atom. The summed E-state index contributed by atoms with van der Waals surface area (Å²) >= 11 is 0. The third-order valence-corrected chi connectivity index (χ3v) is 2.13. The third-order valence-electron chi connectivity index (χ3n) is 2.13. The SMILES string of the molecule is C=c1[nH]/c(=C\c2ccc(OC(F)F)cc2)c(=O)o1. The van der Waals surface area contributed by atoms with Crippen molar-refractivity contribution < 1.29 is 17.9 Å². The highest BCUT2D eigenvalue weighted by Gasteiger charge is 2.03. The number of benzene rings is 1. The van der Waals surface area contributed by atoms with Crippen LogP contribution in [-0.4, -0.2) is 11.6 Å². The van der Waals surface area contributed by atoms with Crippen LogP contribution in [0.4, 0.5) is 8.78 Å². The van der Waals surface area contributed by atoms with Crippen molar-refractivity contribution in [2.75, 3.05) is 0 Å². The Morgan fingerprint density at radius 3 is 2.50 bits per heavy atom. The zero-order valence-electron chi connectivity index (χ0n) is 9.15. The molecule has 0 aliphatic heterocycles. The highest BCUT2D eigenvalue weighted by molar-refractivity contribution is 5.49. The zero-order valence-corrected chi connectivity index (χ0v) is 9.15. The van der Waals surface area contributed by atoms with Crippen molar-refractivity contribution in [2.45, 2.75) is 6.61 Å². The van der Waals surface area contributed by atoms with Gasteiger partial charge in [-0.05, 0) is 30.4 Å². The van der Waals surface area contributed by atoms with E-state index in [0.717, 1.165) is 0 Å². The fourth-order valence-corrected chi connectivity index (χ4v) is 1.40. The molecule has 2 aromatic rings. The summed E-state index contributed by atoms with van der Waals surface area (Å²) in [6.07, 6.45) is 1.52. The van der Waals surface area contributed by atoms with Gasteiger partial charge in [0, 0.05) is 0 Å². The van der Waals surface area contributed by atoms with Gasteiger partial charge in [-0.2, -0.15) is 8.78 Å². The second-order valence-corrected chi connectivity index (χ2v) is 3.44. The van der Waals surface area contributed by atoms with Gasteiger partial charge in [-0.3, -0.25) is 0 Å². The summed E-state index contributed by atoms with van der Waals surface area (Å²) in [4.78, 5) is 13.9. The van der Waals surface area contributed by atoms with Crippen LogP contribution in [0.15, 0.2) is 33.5 Å². The highest BCUT2D eigenvalue weighted by atomic mass is 19.3. The van der Waals surface area contributed by atoms with Crippen molar-refractivity contribution in [1.82, 2.24) is 4.98 Å². The number of oxazole rings is 1. The van der Waals surface area contributed by atoms with Crippen molar-refractivity contribution in [1.29, 1.82) is 0 Å². The fourth-order valence-electron chi connectivity index (χ4n) is 1.40. The van der Waals surface area contributed by atoms with E-state index < -0.39 is 12.2 Å². The van der Waals surface area contributed by atoms with Gasteiger partial charge in [0.25, 0.3) is 0 Å². The van der Waals surface area contributed by atoms with Gasteiger partial charge < -0.3 is 14.1 Å². The first-order valence-electron chi connectivity index (χ1n) is 4.99. The molecule has 0 aliphatic rings. The second-order valence-electron chi connectivity index (χ2n) is 3.44. The van der Waals surface area contributed by atoms with Gasteiger partial charge in [0.2, 0.25) is 0 Å². The molecule has 18 heavy (non-hydrogen) atoms. The maximum Gasteiger partial charge on any atom is 0.387 e. The quantitative estimate of drug-likeness (QED) is 0.880. The predicted octanol–water partition coefficient (Wildman–Crippen LogP) is 0.808. The molecule has 0 unspecified atom stereocenters. The molecular formula is C12H9F2NO3. The first-order chi connectivity index (χ1) is 8.54. The van der Waals surface area contributed by atoms with E-state index >= 15 is 0 Å². The molecule has 0 atom stereocenters. The summed E-state index contributed by atoms with van der Waals surface area (Å²) in [5.41, 5.74) is 0.266. The normalized spacial score (nSPS) is 12.1. The monoisotopic (exact) mass is 253 g/mol. The Morgan fingerprint density at radius 2 is 2.00 bits per heavy atom. The lowest BCUT2D eigenvalue weighted by Gasteiger charge is -2.03. The van der Waals surface area contributed by atoms with Gasteiger partial charge in [0.15, 0.2) is 5.55 Å². The summed E-state index contributed by atoms with van der Waals surface area (Å²) < 4.78 is 32.7. The molecular weight excluding hydrogens is 244 g/mol. The number of aromatic nitrogens is 1. The van der Waals surface area contributed by atoms with E-state index in [4.69, 9.17) is 0 Å². The Labute approximate surface area is 99.8 Å². The number of ether oxygens (including phenoxy) is 1. The standard InChI is InChI=1S/C12H9F2NO3/c1-7-15-10(11(16)17-7)6-8-2-4-9(5-3-8)18-12(13)14/h2-6,12,15H,1H2/b10-6-. The second kappa shape index (κ2) is 4.87. The molecule has 1 aromatic heterocycles. The van der Waals surface area contributed by atoms with Crippen molar-refractivity contribution in [3.63, 3.8) is 0 Å². The van der Waals surface area contributed by atoms with Crippen molar-refractivity contribution >= 4 is 12.7 Å². The van der Waals surface area contributed by atoms with E-state index in [9.17, 15) is 13.6 Å². The first-order valence-corrected chi connectivity index (χ1v) is 4.99. The third kappa shape index (κ3) is 2.85. The van der Waals surface area contributed by atoms with Gasteiger partial charge in [-0.25, -0.2) is 4.79 Å². The maximum absolute atomic E-state index is 11.9. The minimum absolute atomic E-state index is 0.0542. The number of halogens is 2. The Kier molecular flexibility index (Phi) is 3.27. The van der Waals surface area contributed by atoms with Crippen LogP contribution in [-0.2, 0) is 0 Å². The molecule has 4 nitrogen and oxygen atoms in total. The van der Waals surface area contributed by atoms with Gasteiger partial charge in [0.1, 0.15) is 11.1 Å². The van der Waals surface area contributed by atoms with Crippen LogP contribution in [0, 0.1) is 0 Å². The molecule has 2 rings (SSSR count). The Bertz CT molecular complexity index is 685. The van der Waals surface area contributed by atoms with Crippen LogP contribution in [0.5, 0.6) is 5.75 Å². The molecule has 1 aromatic carbocycles. The lowest BCUT2D eigenvalue weighted by molar-refractivity contribution is -0.0498. The van der Waals surface area contributed by atoms with Crippen LogP contribution in [0.2, 0.25) is 0 Å². The summed E-state index contributed by atoms with van der Waals surface area (Å²) in [6, 6.07) is 5.85. The smallest absolute Gasteiger partial charge is 0.387 e. The van der Waals surface area contributed by atoms with Gasteiger partial charge in [-0.15, -0.1) is 0 Å². The van der Waals surface area contributed by atoms with Crippen molar-refractivity contribution in [2.24, 2.45) is 0 Å². The molecule has 0 saturated heterocycles. The van der Waals surface area contributed by atoms with E-state index in [1.165, 1.54) is 18.2 Å². The lowest BCUT2D eigenvalue weighted by atomic mass is 10.2. The van der Waals surface area contributed by atoms with Gasteiger partial charge >= 0.3 is 12.2 Å². The number of aromatic amines is 1. The molecule has 0 aliphatic carbocycles. The van der Waals surface area contributed by atoms with Crippen LogP contribution < -0.4 is 21.3 Å². The molecule has 6 heteroatoms. The molecule has 1 N–H and O–H groups in total. The minimum atomic E-state index is -2.86. The zero-order chi connectivity index (χ0) is 13.1. The maximum atomic E-state index is 11.9. The van der Waals surface area contributed by atoms with E-state index in [1.54, 1.807) is 12.1 Å². The molecule has 0 amide bonds. The number of H-pyrrole nitrogens is 1. The van der Waals surface area contributed by atoms with Crippen LogP contribution in [0.25, 0.3) is 12.7 Å². The molecule has 0 bridgehead atoms. The Hall–Kier alpha value is -2.37. The van der Waals surface area contributed by atoms with E-state index in [-0.39, 0.29) is 16.6 Å².